The van der Waals surface area contributed by atoms with Crippen molar-refractivity contribution in [3.05, 3.63) is 29.8 Å². The Bertz CT molecular complexity index is 550. The summed E-state index contributed by atoms with van der Waals surface area (Å²) in [4.78, 5) is 34.9. The van der Waals surface area contributed by atoms with Crippen LogP contribution in [0, 0.1) is 0 Å². The van der Waals surface area contributed by atoms with Crippen LogP contribution in [0.2, 0.25) is 0 Å². The molecule has 0 radical (unpaired) electrons. The van der Waals surface area contributed by atoms with Crippen molar-refractivity contribution in [3.8, 4) is 0 Å². The van der Waals surface area contributed by atoms with Gasteiger partial charge in [-0.3, -0.25) is 14.4 Å². The number of carbonyl (C=O) groups is 3. The Morgan fingerprint density at radius 3 is 2.61 bits per heavy atom. The Balaban J connectivity index is 2.54. The van der Waals surface area contributed by atoms with Crippen LogP contribution in [0.5, 0.6) is 0 Å². The molecule has 0 aliphatic rings. The minimum atomic E-state index is -0.972. The van der Waals surface area contributed by atoms with E-state index in [1.807, 2.05) is 0 Å². The van der Waals surface area contributed by atoms with Gasteiger partial charge in [-0.2, -0.15) is 0 Å². The molecule has 1 rings (SSSR count). The van der Waals surface area contributed by atoms with Crippen LogP contribution in [0.4, 0.5) is 0 Å². The van der Waals surface area contributed by atoms with Crippen LogP contribution in [0.15, 0.2) is 29.2 Å². The smallest absolute Gasteiger partial charge is 0.305 e. The molecule has 7 nitrogen and oxygen atoms in total. The van der Waals surface area contributed by atoms with Crippen LogP contribution in [0.3, 0.4) is 0 Å². The van der Waals surface area contributed by atoms with Crippen molar-refractivity contribution in [3.63, 3.8) is 0 Å². The van der Waals surface area contributed by atoms with Crippen LogP contribution >= 0.6 is 11.8 Å². The molecule has 0 unspecified atom stereocenters. The molecule has 0 heterocycles. The summed E-state index contributed by atoms with van der Waals surface area (Å²) in [6.07, 6.45) is -0.136. The number of hydrogen-bond acceptors (Lipinski definition) is 5. The molecule has 23 heavy (non-hydrogen) atoms. The van der Waals surface area contributed by atoms with E-state index in [1.54, 1.807) is 31.4 Å². The fraction of sp³-hybridized carbons (Fsp3) is 0.400. The molecular formula is C15H20N2O5S. The van der Waals surface area contributed by atoms with Crippen LogP contribution in [-0.2, 0) is 14.3 Å². The minimum Gasteiger partial charge on any atom is -0.481 e. The van der Waals surface area contributed by atoms with Crippen LogP contribution in [0.25, 0.3) is 0 Å². The number of amides is 2. The highest BCUT2D eigenvalue weighted by Gasteiger charge is 2.12. The Labute approximate surface area is 138 Å². The lowest BCUT2D eigenvalue weighted by Crippen LogP contribution is -2.29. The summed E-state index contributed by atoms with van der Waals surface area (Å²) in [5.74, 6) is -1.29. The highest BCUT2D eigenvalue weighted by Crippen LogP contribution is 2.22. The third kappa shape index (κ3) is 7.66. The number of thioether (sulfide) groups is 1. The lowest BCUT2D eigenvalue weighted by atomic mass is 10.2. The number of aliphatic carboxylic acids is 1. The van der Waals surface area contributed by atoms with Gasteiger partial charge in [0.25, 0.3) is 5.91 Å². The molecule has 0 aliphatic carbocycles. The zero-order valence-electron chi connectivity index (χ0n) is 12.8. The Kier molecular flexibility index (Phi) is 8.78. The molecule has 126 valence electrons. The maximum Gasteiger partial charge on any atom is 0.305 e. The van der Waals surface area contributed by atoms with E-state index in [9.17, 15) is 14.4 Å². The molecular weight excluding hydrogens is 320 g/mol. The zero-order chi connectivity index (χ0) is 17.1. The summed E-state index contributed by atoms with van der Waals surface area (Å²) in [6, 6.07) is 6.88. The summed E-state index contributed by atoms with van der Waals surface area (Å²) < 4.78 is 4.84. The second kappa shape index (κ2) is 10.6. The van der Waals surface area contributed by atoms with E-state index in [4.69, 9.17) is 9.84 Å². The Hall–Kier alpha value is -2.06. The first-order valence-corrected chi connectivity index (χ1v) is 8.00. The van der Waals surface area contributed by atoms with Crippen molar-refractivity contribution in [1.82, 2.24) is 10.6 Å². The number of ether oxygens (including phenoxy) is 1. The number of carboxylic acid groups (broad SMARTS) is 1. The molecule has 1 aromatic carbocycles. The third-order valence-electron chi connectivity index (χ3n) is 2.74. The highest BCUT2D eigenvalue weighted by molar-refractivity contribution is 8.00. The van der Waals surface area contributed by atoms with Gasteiger partial charge in [0.1, 0.15) is 0 Å². The van der Waals surface area contributed by atoms with Crippen molar-refractivity contribution < 1.29 is 24.2 Å². The topological polar surface area (TPSA) is 105 Å². The maximum absolute atomic E-state index is 12.1. The predicted octanol–water partition coefficient (Wildman–Crippen LogP) is 0.746. The average molecular weight is 340 g/mol. The van der Waals surface area contributed by atoms with E-state index in [2.05, 4.69) is 10.6 Å². The van der Waals surface area contributed by atoms with Gasteiger partial charge in [-0.05, 0) is 12.1 Å². The normalized spacial score (nSPS) is 10.1. The average Bonchev–Trinajstić information content (AvgIpc) is 2.53. The van der Waals surface area contributed by atoms with Crippen molar-refractivity contribution >= 4 is 29.5 Å². The van der Waals surface area contributed by atoms with E-state index < -0.39 is 5.97 Å². The van der Waals surface area contributed by atoms with Crippen LogP contribution in [0.1, 0.15) is 16.8 Å². The number of rotatable bonds is 10. The summed E-state index contributed by atoms with van der Waals surface area (Å²) in [5, 5.41) is 13.8. The zero-order valence-corrected chi connectivity index (χ0v) is 13.6. The summed E-state index contributed by atoms with van der Waals surface area (Å²) >= 11 is 1.25. The lowest BCUT2D eigenvalue weighted by Gasteiger charge is -2.09. The van der Waals surface area contributed by atoms with E-state index in [1.165, 1.54) is 11.8 Å². The lowest BCUT2D eigenvalue weighted by molar-refractivity contribution is -0.136. The number of nitrogens with one attached hydrogen (secondary N) is 2. The van der Waals surface area contributed by atoms with E-state index in [0.29, 0.717) is 23.6 Å². The molecule has 0 bridgehead atoms. The number of methoxy groups -OCH3 is 1. The van der Waals surface area contributed by atoms with Crippen LogP contribution in [-0.4, -0.2) is 55.4 Å². The molecule has 0 aromatic heterocycles. The molecule has 1 aromatic rings. The van der Waals surface area contributed by atoms with Crippen molar-refractivity contribution in [2.75, 3.05) is 32.6 Å². The first-order valence-electron chi connectivity index (χ1n) is 7.02. The van der Waals surface area contributed by atoms with Gasteiger partial charge >= 0.3 is 5.97 Å². The fourth-order valence-corrected chi connectivity index (χ4v) is 2.52. The number of carboxylic acids is 1. The molecule has 0 saturated heterocycles. The summed E-state index contributed by atoms with van der Waals surface area (Å²) in [5.41, 5.74) is 0.424. The van der Waals surface area contributed by atoms with E-state index in [0.717, 1.165) is 0 Å². The van der Waals surface area contributed by atoms with Gasteiger partial charge in [0.15, 0.2) is 0 Å². The van der Waals surface area contributed by atoms with Gasteiger partial charge in [-0.1, -0.05) is 12.1 Å². The standard InChI is InChI=1S/C15H20N2O5S/c1-22-9-8-16-13(18)10-23-12-5-3-2-4-11(12)15(21)17-7-6-14(19)20/h2-5H,6-10H2,1H3,(H,16,18)(H,17,21)(H,19,20). The number of benzene rings is 1. The fourth-order valence-electron chi connectivity index (χ4n) is 1.65. The molecule has 0 saturated carbocycles. The largest absolute Gasteiger partial charge is 0.481 e. The second-order valence-electron chi connectivity index (χ2n) is 4.53. The Morgan fingerprint density at radius 2 is 1.91 bits per heavy atom. The molecule has 3 N–H and O–H groups in total. The van der Waals surface area contributed by atoms with Gasteiger partial charge in [-0.15, -0.1) is 11.8 Å². The Morgan fingerprint density at radius 1 is 1.17 bits per heavy atom. The number of hydrogen-bond donors (Lipinski definition) is 3. The molecule has 2 amide bonds. The van der Waals surface area contributed by atoms with Crippen molar-refractivity contribution in [2.45, 2.75) is 11.3 Å². The second-order valence-corrected chi connectivity index (χ2v) is 5.54. The molecule has 8 heteroatoms. The van der Waals surface area contributed by atoms with Crippen molar-refractivity contribution in [2.24, 2.45) is 0 Å². The maximum atomic E-state index is 12.1. The van der Waals surface area contributed by atoms with Gasteiger partial charge < -0.3 is 20.5 Å². The molecule has 0 fully saturated rings. The quantitative estimate of drug-likeness (QED) is 0.429. The van der Waals surface area contributed by atoms with E-state index >= 15 is 0 Å². The van der Waals surface area contributed by atoms with Crippen LogP contribution < -0.4 is 10.6 Å². The number of carbonyl (C=O) groups excluding carboxylic acids is 2. The monoisotopic (exact) mass is 340 g/mol. The molecule has 0 spiro atoms. The first kappa shape index (κ1) is 19.0. The van der Waals surface area contributed by atoms with Gasteiger partial charge in [0.05, 0.1) is 24.3 Å². The molecule has 0 atom stereocenters. The predicted molar refractivity (Wildman–Crippen MR) is 86.6 cm³/mol. The van der Waals surface area contributed by atoms with Gasteiger partial charge in [0, 0.05) is 25.1 Å². The summed E-state index contributed by atoms with van der Waals surface area (Å²) in [7, 11) is 1.56. The third-order valence-corrected chi connectivity index (χ3v) is 3.82. The minimum absolute atomic E-state index is 0.0602. The van der Waals surface area contributed by atoms with Crippen molar-refractivity contribution in [1.29, 1.82) is 0 Å². The summed E-state index contributed by atoms with van der Waals surface area (Å²) in [6.45, 7) is 0.941. The SMILES string of the molecule is COCCNC(=O)CSc1ccccc1C(=O)NCCC(=O)O. The van der Waals surface area contributed by atoms with Gasteiger partial charge in [-0.25, -0.2) is 0 Å². The van der Waals surface area contributed by atoms with Gasteiger partial charge in [0.2, 0.25) is 5.91 Å². The first-order chi connectivity index (χ1) is 11.0. The molecule has 0 aliphatic heterocycles. The van der Waals surface area contributed by atoms with E-state index in [-0.39, 0.29) is 30.5 Å². The highest BCUT2D eigenvalue weighted by atomic mass is 32.2.